The van der Waals surface area contributed by atoms with Gasteiger partial charge in [-0.3, -0.25) is 4.79 Å². The van der Waals surface area contributed by atoms with Gasteiger partial charge in [-0.25, -0.2) is 9.37 Å². The van der Waals surface area contributed by atoms with Gasteiger partial charge in [-0.1, -0.05) is 30.4 Å². The maximum Gasteiger partial charge on any atom is 0.250 e. The Morgan fingerprint density at radius 3 is 2.80 bits per heavy atom. The summed E-state index contributed by atoms with van der Waals surface area (Å²) in [5.41, 5.74) is 7.25. The molecule has 7 nitrogen and oxygen atoms in total. The average Bonchev–Trinajstić information content (AvgIpc) is 3.32. The lowest BCUT2D eigenvalue weighted by Gasteiger charge is -2.23. The van der Waals surface area contributed by atoms with Crippen molar-refractivity contribution < 1.29 is 14.3 Å². The number of hydrogen-bond donors (Lipinski definition) is 5. The van der Waals surface area contributed by atoms with Gasteiger partial charge in [0.1, 0.15) is 11.6 Å². The van der Waals surface area contributed by atoms with Gasteiger partial charge in [-0.2, -0.15) is 0 Å². The minimum absolute atomic E-state index is 0.171. The molecule has 2 aromatic rings. The number of carbonyl (C=O) groups excluding carboxylic acids is 1. The van der Waals surface area contributed by atoms with Crippen LogP contribution in [-0.4, -0.2) is 40.0 Å². The van der Waals surface area contributed by atoms with Gasteiger partial charge in [0.25, 0.3) is 5.91 Å². The van der Waals surface area contributed by atoms with Crippen LogP contribution >= 0.6 is 12.2 Å². The Hall–Kier alpha value is -2.98. The second-order valence-corrected chi connectivity index (χ2v) is 9.88. The van der Waals surface area contributed by atoms with Gasteiger partial charge in [0.15, 0.2) is 0 Å². The van der Waals surface area contributed by atoms with E-state index in [9.17, 15) is 14.3 Å². The molecular weight excluding hydrogens is 465 g/mol. The highest BCUT2D eigenvalue weighted by molar-refractivity contribution is 7.81. The van der Waals surface area contributed by atoms with Crippen LogP contribution in [0.1, 0.15) is 43.5 Å². The van der Waals surface area contributed by atoms with Crippen LogP contribution in [0.3, 0.4) is 0 Å². The van der Waals surface area contributed by atoms with E-state index in [-0.39, 0.29) is 12.0 Å². The van der Waals surface area contributed by atoms with Crippen molar-refractivity contribution in [3.05, 3.63) is 76.4 Å². The van der Waals surface area contributed by atoms with E-state index in [1.807, 2.05) is 12.1 Å². The molecule has 1 aromatic heterocycles. The summed E-state index contributed by atoms with van der Waals surface area (Å²) in [5, 5.41) is 20.1. The number of thiocarbonyl (C=S) groups is 1. The lowest BCUT2D eigenvalue weighted by atomic mass is 9.89. The predicted molar refractivity (Wildman–Crippen MR) is 139 cm³/mol. The number of primary amides is 1. The Morgan fingerprint density at radius 2 is 2.14 bits per heavy atom. The molecule has 1 aliphatic carbocycles. The Balaban J connectivity index is 1.59. The Morgan fingerprint density at radius 1 is 1.34 bits per heavy atom. The summed E-state index contributed by atoms with van der Waals surface area (Å²) in [6.07, 6.45) is 2.90. The average molecular weight is 496 g/mol. The number of nitrogens with two attached hydrogens (primary N) is 1. The second-order valence-electron chi connectivity index (χ2n) is 9.39. The zero-order chi connectivity index (χ0) is 25.2. The van der Waals surface area contributed by atoms with Crippen molar-refractivity contribution in [3.8, 4) is 0 Å². The number of nitrogens with one attached hydrogen (secondary N) is 3. The molecule has 9 heteroatoms. The van der Waals surface area contributed by atoms with Gasteiger partial charge in [0, 0.05) is 36.0 Å². The zero-order valence-electron chi connectivity index (χ0n) is 19.8. The first-order chi connectivity index (χ1) is 16.6. The summed E-state index contributed by atoms with van der Waals surface area (Å²) < 4.78 is 14.9. The van der Waals surface area contributed by atoms with E-state index in [0.29, 0.717) is 45.7 Å². The third kappa shape index (κ3) is 5.99. The van der Waals surface area contributed by atoms with Gasteiger partial charge in [-0.05, 0) is 62.2 Å². The Kier molecular flexibility index (Phi) is 7.42. The van der Waals surface area contributed by atoms with E-state index in [1.54, 1.807) is 38.1 Å². The van der Waals surface area contributed by atoms with Crippen LogP contribution in [0.5, 0.6) is 0 Å². The molecule has 1 atom stereocenters. The smallest absolute Gasteiger partial charge is 0.250 e. The van der Waals surface area contributed by atoms with Crippen molar-refractivity contribution in [3.63, 3.8) is 0 Å². The SMILES string of the molecule is CC(C)(O)c1ccc(C2=CC(C(N)=O)=C(Nc3cccc(CNC4CCNC4)n3)C(=S)C2)c(F)c1. The Bertz CT molecular complexity index is 1210. The molecule has 0 spiro atoms. The number of rotatable bonds is 8. The first-order valence-corrected chi connectivity index (χ1v) is 12.0. The van der Waals surface area contributed by atoms with Crippen molar-refractivity contribution in [2.45, 2.75) is 44.9 Å². The number of anilines is 1. The molecule has 1 amide bonds. The fourth-order valence-electron chi connectivity index (χ4n) is 4.22. The van der Waals surface area contributed by atoms with Crippen molar-refractivity contribution in [2.24, 2.45) is 5.73 Å². The summed E-state index contributed by atoms with van der Waals surface area (Å²) >= 11 is 5.61. The maximum absolute atomic E-state index is 14.9. The van der Waals surface area contributed by atoms with Crippen LogP contribution in [0.2, 0.25) is 0 Å². The normalized spacial score (nSPS) is 18.6. The molecule has 0 saturated carbocycles. The van der Waals surface area contributed by atoms with E-state index in [2.05, 4.69) is 20.9 Å². The van der Waals surface area contributed by atoms with E-state index in [1.165, 1.54) is 6.07 Å². The van der Waals surface area contributed by atoms with E-state index < -0.39 is 17.3 Å². The van der Waals surface area contributed by atoms with E-state index in [0.717, 1.165) is 25.2 Å². The number of amides is 1. The standard InChI is InChI=1S/C26H30FN5O2S/c1-26(2,34)16-6-7-19(21(27)12-16)15-10-20(25(28)33)24(22(35)11-15)32-23-5-3-4-18(31-23)14-30-17-8-9-29-13-17/h3-7,10,12,17,29-30,34H,8-9,11,13-14H2,1-2H3,(H2,28,33)(H,31,32). The fourth-order valence-corrected chi connectivity index (χ4v) is 4.54. The quantitative estimate of drug-likeness (QED) is 0.358. The third-order valence-corrected chi connectivity index (χ3v) is 6.55. The molecular formula is C26H30FN5O2S. The molecule has 6 N–H and O–H groups in total. The zero-order valence-corrected chi connectivity index (χ0v) is 20.6. The summed E-state index contributed by atoms with van der Waals surface area (Å²) in [6, 6.07) is 10.6. The molecule has 184 valence electrons. The number of aliphatic hydroxyl groups is 1. The maximum atomic E-state index is 14.9. The van der Waals surface area contributed by atoms with Crippen molar-refractivity contribution in [1.29, 1.82) is 0 Å². The minimum atomic E-state index is -1.17. The van der Waals surface area contributed by atoms with E-state index >= 15 is 0 Å². The van der Waals surface area contributed by atoms with Crippen LogP contribution in [0, 0.1) is 5.82 Å². The van der Waals surface area contributed by atoms with Gasteiger partial charge >= 0.3 is 0 Å². The van der Waals surface area contributed by atoms with Gasteiger partial charge in [0.2, 0.25) is 0 Å². The van der Waals surface area contributed by atoms with Gasteiger partial charge in [0.05, 0.1) is 22.6 Å². The lowest BCUT2D eigenvalue weighted by Crippen LogP contribution is -2.30. The molecule has 1 unspecified atom stereocenters. The number of hydrogen-bond acceptors (Lipinski definition) is 7. The molecule has 1 aliphatic heterocycles. The number of nitrogens with zero attached hydrogens (tertiary/aromatic N) is 1. The third-order valence-electron chi connectivity index (χ3n) is 6.20. The van der Waals surface area contributed by atoms with Crippen molar-refractivity contribution in [1.82, 2.24) is 15.6 Å². The lowest BCUT2D eigenvalue weighted by molar-refractivity contribution is -0.114. The highest BCUT2D eigenvalue weighted by Gasteiger charge is 2.25. The van der Waals surface area contributed by atoms with Crippen molar-refractivity contribution in [2.75, 3.05) is 18.4 Å². The van der Waals surface area contributed by atoms with Crippen LogP contribution in [0.15, 0.2) is 53.7 Å². The number of pyridine rings is 1. The predicted octanol–water partition coefficient (Wildman–Crippen LogP) is 2.91. The highest BCUT2D eigenvalue weighted by atomic mass is 32.1. The minimum Gasteiger partial charge on any atom is -0.386 e. The van der Waals surface area contributed by atoms with Gasteiger partial charge < -0.3 is 26.8 Å². The molecule has 0 bridgehead atoms. The fraction of sp³-hybridized carbons (Fsp3) is 0.346. The molecule has 1 aromatic carbocycles. The monoisotopic (exact) mass is 495 g/mol. The van der Waals surface area contributed by atoms with Crippen LogP contribution in [0.25, 0.3) is 5.57 Å². The molecule has 2 aliphatic rings. The molecule has 35 heavy (non-hydrogen) atoms. The van der Waals surface area contributed by atoms with Crippen molar-refractivity contribution >= 4 is 34.4 Å². The Labute approximate surface area is 209 Å². The van der Waals surface area contributed by atoms with E-state index in [4.69, 9.17) is 18.0 Å². The topological polar surface area (TPSA) is 112 Å². The first kappa shape index (κ1) is 25.1. The number of carbonyl (C=O) groups is 1. The largest absolute Gasteiger partial charge is 0.386 e. The number of aromatic nitrogens is 1. The summed E-state index contributed by atoms with van der Waals surface area (Å²) in [6.45, 7) is 5.76. The molecule has 1 saturated heterocycles. The molecule has 0 radical (unpaired) electrons. The molecule has 4 rings (SSSR count). The number of halogens is 1. The number of allylic oxidation sites excluding steroid dienone is 2. The first-order valence-electron chi connectivity index (χ1n) is 11.6. The molecule has 1 fully saturated rings. The van der Waals surface area contributed by atoms with Gasteiger partial charge in [-0.15, -0.1) is 0 Å². The highest BCUT2D eigenvalue weighted by Crippen LogP contribution is 2.33. The van der Waals surface area contributed by atoms with Crippen LogP contribution in [0.4, 0.5) is 10.2 Å². The summed E-state index contributed by atoms with van der Waals surface area (Å²) in [5.74, 6) is -0.632. The van der Waals surface area contributed by atoms with Crippen LogP contribution < -0.4 is 21.7 Å². The summed E-state index contributed by atoms with van der Waals surface area (Å²) in [7, 11) is 0. The van der Waals surface area contributed by atoms with Crippen LogP contribution in [-0.2, 0) is 16.9 Å². The second kappa shape index (κ2) is 10.3. The number of benzene rings is 1. The summed E-state index contributed by atoms with van der Waals surface area (Å²) in [4.78, 5) is 17.4. The molecule has 2 heterocycles.